The Hall–Kier alpha value is -1.38. The molecule has 0 bridgehead atoms. The van der Waals surface area contributed by atoms with Crippen LogP contribution in [0.4, 0.5) is 0 Å². The molecule has 1 saturated carbocycles. The normalized spacial score (nSPS) is 26.0. The first kappa shape index (κ1) is 26.2. The van der Waals surface area contributed by atoms with Gasteiger partial charge in [-0.25, -0.2) is 0 Å². The Morgan fingerprint density at radius 2 is 1.48 bits per heavy atom. The predicted octanol–water partition coefficient (Wildman–Crippen LogP) is 8.95. The van der Waals surface area contributed by atoms with Crippen molar-refractivity contribution in [1.29, 1.82) is 0 Å². The summed E-state index contributed by atoms with van der Waals surface area (Å²) >= 11 is 0. The molecule has 1 heterocycles. The molecular formula is C31H49NO. The SMILES string of the molecule is C=CCC/C=C/C1CCC(c2ccc(C3CC(C)(C)N(OCCCC)C(C)(C)C3)cc2)CC1. The third-order valence-corrected chi connectivity index (χ3v) is 7.91. The van der Waals surface area contributed by atoms with Crippen LogP contribution < -0.4 is 0 Å². The first-order valence-electron chi connectivity index (χ1n) is 13.6. The summed E-state index contributed by atoms with van der Waals surface area (Å²) in [7, 11) is 0. The molecule has 3 rings (SSSR count). The molecule has 2 fully saturated rings. The van der Waals surface area contributed by atoms with Crippen LogP contribution in [0.15, 0.2) is 49.1 Å². The maximum absolute atomic E-state index is 6.31. The zero-order valence-corrected chi connectivity index (χ0v) is 22.1. The fraction of sp³-hybridized carbons (Fsp3) is 0.677. The largest absolute Gasteiger partial charge is 0.298 e. The van der Waals surface area contributed by atoms with Crippen molar-refractivity contribution in [3.05, 3.63) is 60.2 Å². The fourth-order valence-corrected chi connectivity index (χ4v) is 6.34. The molecule has 0 N–H and O–H groups in total. The highest BCUT2D eigenvalue weighted by atomic mass is 16.7. The molecule has 0 aromatic heterocycles. The van der Waals surface area contributed by atoms with Gasteiger partial charge in [0.2, 0.25) is 0 Å². The minimum Gasteiger partial charge on any atom is -0.298 e. The zero-order valence-electron chi connectivity index (χ0n) is 22.1. The van der Waals surface area contributed by atoms with Crippen LogP contribution >= 0.6 is 0 Å². The number of allylic oxidation sites excluding steroid dienone is 3. The second-order valence-corrected chi connectivity index (χ2v) is 11.8. The first-order chi connectivity index (χ1) is 15.8. The Morgan fingerprint density at radius 3 is 2.03 bits per heavy atom. The van der Waals surface area contributed by atoms with E-state index in [1.165, 1.54) is 37.7 Å². The van der Waals surface area contributed by atoms with Crippen LogP contribution in [-0.2, 0) is 4.84 Å². The van der Waals surface area contributed by atoms with Crippen molar-refractivity contribution >= 4 is 0 Å². The summed E-state index contributed by atoms with van der Waals surface area (Å²) in [6.45, 7) is 16.3. The van der Waals surface area contributed by atoms with Crippen LogP contribution in [0.25, 0.3) is 0 Å². The minimum absolute atomic E-state index is 0.0381. The van der Waals surface area contributed by atoms with Gasteiger partial charge < -0.3 is 0 Å². The van der Waals surface area contributed by atoms with E-state index in [4.69, 9.17) is 4.84 Å². The number of piperidine rings is 1. The molecule has 184 valence electrons. The molecule has 0 atom stereocenters. The standard InChI is InChI=1S/C31H49NO/c1-7-9-11-12-13-25-14-16-26(17-15-25)27-18-20-28(21-19-27)29-23-30(3,4)32(31(5,6)24-29)33-22-10-8-2/h7,12-13,18-21,25-26,29H,1,8-11,14-17,22-24H2,2-6H3/b13-12+. The van der Waals surface area contributed by atoms with Gasteiger partial charge in [-0.2, -0.15) is 5.06 Å². The highest BCUT2D eigenvalue weighted by Gasteiger charge is 2.46. The number of hydrogen-bond donors (Lipinski definition) is 0. The fourth-order valence-electron chi connectivity index (χ4n) is 6.34. The van der Waals surface area contributed by atoms with E-state index in [9.17, 15) is 0 Å². The van der Waals surface area contributed by atoms with Crippen LogP contribution in [0, 0.1) is 5.92 Å². The van der Waals surface area contributed by atoms with Crippen LogP contribution in [0.5, 0.6) is 0 Å². The van der Waals surface area contributed by atoms with E-state index < -0.39 is 0 Å². The molecule has 2 aliphatic rings. The van der Waals surface area contributed by atoms with Gasteiger partial charge in [-0.1, -0.05) is 55.8 Å². The van der Waals surface area contributed by atoms with E-state index in [1.54, 1.807) is 5.56 Å². The predicted molar refractivity (Wildman–Crippen MR) is 143 cm³/mol. The van der Waals surface area contributed by atoms with E-state index in [2.05, 4.69) is 82.7 Å². The number of nitrogens with zero attached hydrogens (tertiary/aromatic N) is 1. The topological polar surface area (TPSA) is 12.5 Å². The molecule has 0 amide bonds. The highest BCUT2D eigenvalue weighted by Crippen LogP contribution is 2.46. The number of hydroxylamine groups is 2. The van der Waals surface area contributed by atoms with E-state index >= 15 is 0 Å². The minimum atomic E-state index is 0.0381. The molecule has 2 nitrogen and oxygen atoms in total. The molecule has 1 aromatic carbocycles. The lowest BCUT2D eigenvalue weighted by molar-refractivity contribution is -0.283. The maximum Gasteiger partial charge on any atom is 0.0685 e. The van der Waals surface area contributed by atoms with Crippen molar-refractivity contribution in [2.24, 2.45) is 5.92 Å². The Bertz CT molecular complexity index is 734. The monoisotopic (exact) mass is 451 g/mol. The number of hydrogen-bond acceptors (Lipinski definition) is 2. The lowest BCUT2D eigenvalue weighted by Crippen LogP contribution is -2.59. The highest BCUT2D eigenvalue weighted by molar-refractivity contribution is 5.29. The summed E-state index contributed by atoms with van der Waals surface area (Å²) < 4.78 is 0. The Morgan fingerprint density at radius 1 is 0.909 bits per heavy atom. The van der Waals surface area contributed by atoms with E-state index in [1.807, 2.05) is 6.08 Å². The summed E-state index contributed by atoms with van der Waals surface area (Å²) in [5, 5.41) is 2.31. The number of benzene rings is 1. The van der Waals surface area contributed by atoms with E-state index in [0.717, 1.165) is 50.5 Å². The maximum atomic E-state index is 6.31. The third-order valence-electron chi connectivity index (χ3n) is 7.91. The van der Waals surface area contributed by atoms with Crippen LogP contribution in [0.1, 0.15) is 122 Å². The van der Waals surface area contributed by atoms with Gasteiger partial charge in [-0.05, 0) is 114 Å². The Balaban J connectivity index is 1.58. The van der Waals surface area contributed by atoms with Crippen LogP contribution in [-0.4, -0.2) is 22.7 Å². The van der Waals surface area contributed by atoms with Gasteiger partial charge >= 0.3 is 0 Å². The van der Waals surface area contributed by atoms with Crippen molar-refractivity contribution in [2.45, 2.75) is 122 Å². The quantitative estimate of drug-likeness (QED) is 0.260. The van der Waals surface area contributed by atoms with E-state index in [0.29, 0.717) is 5.92 Å². The van der Waals surface area contributed by atoms with Crippen molar-refractivity contribution in [2.75, 3.05) is 6.61 Å². The lowest BCUT2D eigenvalue weighted by Gasteiger charge is -2.54. The van der Waals surface area contributed by atoms with Gasteiger partial charge in [0, 0.05) is 11.1 Å². The van der Waals surface area contributed by atoms with Crippen molar-refractivity contribution in [3.63, 3.8) is 0 Å². The van der Waals surface area contributed by atoms with Gasteiger partial charge in [0.05, 0.1) is 6.61 Å². The molecule has 1 aromatic rings. The molecule has 1 aliphatic carbocycles. The average molecular weight is 452 g/mol. The van der Waals surface area contributed by atoms with Gasteiger partial charge in [-0.15, -0.1) is 6.58 Å². The van der Waals surface area contributed by atoms with Crippen molar-refractivity contribution in [3.8, 4) is 0 Å². The second kappa shape index (κ2) is 11.8. The lowest BCUT2D eigenvalue weighted by atomic mass is 9.72. The second-order valence-electron chi connectivity index (χ2n) is 11.8. The van der Waals surface area contributed by atoms with Crippen LogP contribution in [0.3, 0.4) is 0 Å². The molecule has 33 heavy (non-hydrogen) atoms. The van der Waals surface area contributed by atoms with Gasteiger partial charge in [-0.3, -0.25) is 4.84 Å². The molecule has 2 heteroatoms. The smallest absolute Gasteiger partial charge is 0.0685 e. The Labute approximate surface area is 204 Å². The summed E-state index contributed by atoms with van der Waals surface area (Å²) in [6, 6.07) is 9.73. The van der Waals surface area contributed by atoms with Gasteiger partial charge in [0.1, 0.15) is 0 Å². The summed E-state index contributed by atoms with van der Waals surface area (Å²) in [4.78, 5) is 6.31. The first-order valence-corrected chi connectivity index (χ1v) is 13.6. The Kier molecular flexibility index (Phi) is 9.42. The van der Waals surface area contributed by atoms with Crippen molar-refractivity contribution in [1.82, 2.24) is 5.06 Å². The van der Waals surface area contributed by atoms with Crippen molar-refractivity contribution < 1.29 is 4.84 Å². The van der Waals surface area contributed by atoms with Crippen LogP contribution in [0.2, 0.25) is 0 Å². The molecule has 1 aliphatic heterocycles. The number of unbranched alkanes of at least 4 members (excludes halogenated alkanes) is 2. The average Bonchev–Trinajstić information content (AvgIpc) is 2.78. The third kappa shape index (κ3) is 7.06. The molecule has 0 radical (unpaired) electrons. The summed E-state index contributed by atoms with van der Waals surface area (Å²) in [6.07, 6.45) is 19.0. The molecule has 1 saturated heterocycles. The summed E-state index contributed by atoms with van der Waals surface area (Å²) in [5.74, 6) is 2.10. The molecule has 0 spiro atoms. The van der Waals surface area contributed by atoms with E-state index in [-0.39, 0.29) is 11.1 Å². The van der Waals surface area contributed by atoms with Gasteiger partial charge in [0.15, 0.2) is 0 Å². The summed E-state index contributed by atoms with van der Waals surface area (Å²) in [5.41, 5.74) is 3.13. The molecule has 0 unspecified atom stereocenters. The van der Waals surface area contributed by atoms with Gasteiger partial charge in [0.25, 0.3) is 0 Å². The zero-order chi connectivity index (χ0) is 23.9. The number of rotatable bonds is 10. The molecular weight excluding hydrogens is 402 g/mol.